The molecule has 0 atom stereocenters. The molecule has 1 aliphatic heterocycles. The first kappa shape index (κ1) is 17.9. The number of halogens is 3. The fourth-order valence-corrected chi connectivity index (χ4v) is 3.37. The molecular weight excluding hydrogens is 411 g/mol. The molecule has 2 amide bonds. The van der Waals surface area contributed by atoms with Crippen LogP contribution in [0.3, 0.4) is 0 Å². The third kappa shape index (κ3) is 4.02. The summed E-state index contributed by atoms with van der Waals surface area (Å²) in [5.41, 5.74) is 0.990. The lowest BCUT2D eigenvalue weighted by atomic mass is 10.1. The second-order valence-corrected chi connectivity index (χ2v) is 7.01. The first-order chi connectivity index (χ1) is 12.0. The lowest BCUT2D eigenvalue weighted by Crippen LogP contribution is -2.50. The monoisotopic (exact) mass is 424 g/mol. The van der Waals surface area contributed by atoms with Gasteiger partial charge in [0, 0.05) is 41.2 Å². The number of amides is 2. The molecule has 0 spiro atoms. The van der Waals surface area contributed by atoms with Gasteiger partial charge in [-0.05, 0) is 58.4 Å². The number of rotatable bonds is 2. The van der Waals surface area contributed by atoms with Crippen molar-refractivity contribution in [2.75, 3.05) is 26.2 Å². The van der Waals surface area contributed by atoms with Crippen molar-refractivity contribution in [3.8, 4) is 0 Å². The third-order valence-corrected chi connectivity index (χ3v) is 5.01. The van der Waals surface area contributed by atoms with Crippen LogP contribution in [0, 0.1) is 5.82 Å². The summed E-state index contributed by atoms with van der Waals surface area (Å²) in [5.74, 6) is -0.654. The normalized spacial score (nSPS) is 14.5. The topological polar surface area (TPSA) is 40.6 Å². The molecule has 1 aliphatic rings. The minimum absolute atomic E-state index is 0.0771. The first-order valence-electron chi connectivity index (χ1n) is 7.75. The molecule has 1 saturated heterocycles. The molecule has 7 heteroatoms. The Kier molecular flexibility index (Phi) is 5.39. The second kappa shape index (κ2) is 7.54. The molecular formula is C18H15BrClFN2O2. The van der Waals surface area contributed by atoms with Crippen LogP contribution in [0.2, 0.25) is 5.02 Å². The Morgan fingerprint density at radius 1 is 0.920 bits per heavy atom. The number of piperazine rings is 1. The summed E-state index contributed by atoms with van der Waals surface area (Å²) in [6, 6.07) is 10.7. The summed E-state index contributed by atoms with van der Waals surface area (Å²) >= 11 is 9.06. The molecule has 0 radical (unpaired) electrons. The van der Waals surface area contributed by atoms with Crippen molar-refractivity contribution in [1.29, 1.82) is 0 Å². The van der Waals surface area contributed by atoms with Gasteiger partial charge in [0.25, 0.3) is 11.8 Å². The molecule has 1 heterocycles. The zero-order chi connectivity index (χ0) is 18.0. The van der Waals surface area contributed by atoms with E-state index in [1.54, 1.807) is 34.1 Å². The maximum Gasteiger partial charge on any atom is 0.255 e. The molecule has 2 aromatic rings. The minimum Gasteiger partial charge on any atom is -0.335 e. The van der Waals surface area contributed by atoms with Gasteiger partial charge in [0.15, 0.2) is 0 Å². The molecule has 0 unspecified atom stereocenters. The van der Waals surface area contributed by atoms with E-state index >= 15 is 0 Å². The Morgan fingerprint density at radius 2 is 1.48 bits per heavy atom. The van der Waals surface area contributed by atoms with Crippen LogP contribution in [-0.2, 0) is 0 Å². The van der Waals surface area contributed by atoms with Crippen LogP contribution in [0.25, 0.3) is 0 Å². The molecule has 0 N–H and O–H groups in total. The highest BCUT2D eigenvalue weighted by Gasteiger charge is 2.26. The summed E-state index contributed by atoms with van der Waals surface area (Å²) in [5, 5.41) is 0.580. The van der Waals surface area contributed by atoms with E-state index in [4.69, 9.17) is 11.6 Å². The van der Waals surface area contributed by atoms with Gasteiger partial charge in [-0.25, -0.2) is 4.39 Å². The lowest BCUT2D eigenvalue weighted by molar-refractivity contribution is 0.0535. The van der Waals surface area contributed by atoms with Crippen LogP contribution in [0.4, 0.5) is 4.39 Å². The molecule has 0 saturated carbocycles. The zero-order valence-corrected chi connectivity index (χ0v) is 15.6. The van der Waals surface area contributed by atoms with Gasteiger partial charge >= 0.3 is 0 Å². The summed E-state index contributed by atoms with van der Waals surface area (Å²) in [4.78, 5) is 28.4. The van der Waals surface area contributed by atoms with Gasteiger partial charge in [0.1, 0.15) is 5.82 Å². The van der Waals surface area contributed by atoms with E-state index in [0.717, 1.165) is 0 Å². The maximum absolute atomic E-state index is 13.2. The first-order valence-corrected chi connectivity index (χ1v) is 8.92. The quantitative estimate of drug-likeness (QED) is 0.733. The van der Waals surface area contributed by atoms with Gasteiger partial charge in [-0.15, -0.1) is 0 Å². The van der Waals surface area contributed by atoms with Crippen molar-refractivity contribution >= 4 is 39.3 Å². The fraction of sp³-hybridized carbons (Fsp3) is 0.222. The molecule has 0 aromatic heterocycles. The van der Waals surface area contributed by atoms with E-state index in [1.807, 2.05) is 0 Å². The van der Waals surface area contributed by atoms with Crippen molar-refractivity contribution in [2.24, 2.45) is 0 Å². The molecule has 130 valence electrons. The van der Waals surface area contributed by atoms with Crippen LogP contribution >= 0.6 is 27.5 Å². The summed E-state index contributed by atoms with van der Waals surface area (Å²) in [6.45, 7) is 1.77. The van der Waals surface area contributed by atoms with Gasteiger partial charge in [-0.1, -0.05) is 11.6 Å². The smallest absolute Gasteiger partial charge is 0.255 e. The Bertz CT molecular complexity index is 805. The Labute approximate surface area is 158 Å². The van der Waals surface area contributed by atoms with Gasteiger partial charge in [0.2, 0.25) is 0 Å². The van der Waals surface area contributed by atoms with Crippen LogP contribution < -0.4 is 0 Å². The SMILES string of the molecule is O=C(c1ccc(Cl)cc1)N1CCN(C(=O)c2ccc(F)cc2Br)CC1. The van der Waals surface area contributed by atoms with E-state index in [9.17, 15) is 14.0 Å². The second-order valence-electron chi connectivity index (χ2n) is 5.72. The highest BCUT2D eigenvalue weighted by molar-refractivity contribution is 9.10. The summed E-state index contributed by atoms with van der Waals surface area (Å²) in [7, 11) is 0. The number of benzene rings is 2. The van der Waals surface area contributed by atoms with E-state index in [2.05, 4.69) is 15.9 Å². The van der Waals surface area contributed by atoms with Crippen LogP contribution in [0.1, 0.15) is 20.7 Å². The van der Waals surface area contributed by atoms with Crippen molar-refractivity contribution in [3.05, 3.63) is 68.9 Å². The largest absolute Gasteiger partial charge is 0.335 e. The Balaban J connectivity index is 1.64. The van der Waals surface area contributed by atoms with E-state index in [0.29, 0.717) is 46.8 Å². The van der Waals surface area contributed by atoms with Gasteiger partial charge < -0.3 is 9.80 Å². The van der Waals surface area contributed by atoms with Crippen LogP contribution in [0.15, 0.2) is 46.9 Å². The van der Waals surface area contributed by atoms with E-state index in [1.165, 1.54) is 18.2 Å². The third-order valence-electron chi connectivity index (χ3n) is 4.11. The zero-order valence-electron chi connectivity index (χ0n) is 13.2. The van der Waals surface area contributed by atoms with Gasteiger partial charge in [-0.2, -0.15) is 0 Å². The molecule has 2 aromatic carbocycles. The van der Waals surface area contributed by atoms with Crippen LogP contribution in [0.5, 0.6) is 0 Å². The summed E-state index contributed by atoms with van der Waals surface area (Å²) in [6.07, 6.45) is 0. The lowest BCUT2D eigenvalue weighted by Gasteiger charge is -2.35. The van der Waals surface area contributed by atoms with Crippen LogP contribution in [-0.4, -0.2) is 47.8 Å². The number of hydrogen-bond acceptors (Lipinski definition) is 2. The standard InChI is InChI=1S/C18H15BrClFN2O2/c19-16-11-14(21)5-6-15(16)18(25)23-9-7-22(8-10-23)17(24)12-1-3-13(20)4-2-12/h1-6,11H,7-10H2. The van der Waals surface area contributed by atoms with Gasteiger partial charge in [-0.3, -0.25) is 9.59 Å². The molecule has 0 aliphatic carbocycles. The van der Waals surface area contributed by atoms with E-state index in [-0.39, 0.29) is 11.8 Å². The number of carbonyl (C=O) groups excluding carboxylic acids is 2. The fourth-order valence-electron chi connectivity index (χ4n) is 2.72. The molecule has 4 nitrogen and oxygen atoms in total. The van der Waals surface area contributed by atoms with Crippen molar-refractivity contribution in [3.63, 3.8) is 0 Å². The highest BCUT2D eigenvalue weighted by atomic mass is 79.9. The highest BCUT2D eigenvalue weighted by Crippen LogP contribution is 2.21. The average Bonchev–Trinajstić information content (AvgIpc) is 2.61. The van der Waals surface area contributed by atoms with Gasteiger partial charge in [0.05, 0.1) is 5.56 Å². The van der Waals surface area contributed by atoms with Crippen molar-refractivity contribution < 1.29 is 14.0 Å². The number of nitrogens with zero attached hydrogens (tertiary/aromatic N) is 2. The molecule has 0 bridgehead atoms. The average molecular weight is 426 g/mol. The number of hydrogen-bond donors (Lipinski definition) is 0. The molecule has 1 fully saturated rings. The predicted octanol–water partition coefficient (Wildman–Crippen LogP) is 3.84. The van der Waals surface area contributed by atoms with Crippen molar-refractivity contribution in [2.45, 2.75) is 0 Å². The Morgan fingerprint density at radius 3 is 2.04 bits per heavy atom. The van der Waals surface area contributed by atoms with E-state index < -0.39 is 5.82 Å². The molecule has 25 heavy (non-hydrogen) atoms. The number of carbonyl (C=O) groups is 2. The predicted molar refractivity (Wildman–Crippen MR) is 97.4 cm³/mol. The summed E-state index contributed by atoms with van der Waals surface area (Å²) < 4.78 is 13.6. The van der Waals surface area contributed by atoms with Crippen molar-refractivity contribution in [1.82, 2.24) is 9.80 Å². The Hall–Kier alpha value is -1.92. The maximum atomic E-state index is 13.2. The molecule has 3 rings (SSSR count). The minimum atomic E-state index is -0.401.